The van der Waals surface area contributed by atoms with Crippen molar-refractivity contribution in [3.8, 4) is 5.75 Å². The molecule has 0 aliphatic carbocycles. The number of nitrogens with one attached hydrogen (secondary N) is 1. The molecule has 8 heteroatoms. The van der Waals surface area contributed by atoms with Crippen molar-refractivity contribution in [2.24, 2.45) is 0 Å². The SMILES string of the molecule is COc1ccc(S(=O)(=O)Nc2c(C(C)C)cccc2C(C)C)cc1[N+](=O)[O-]. The van der Waals surface area contributed by atoms with Crippen LogP contribution in [0.5, 0.6) is 5.75 Å². The number of rotatable bonds is 7. The van der Waals surface area contributed by atoms with Gasteiger partial charge in [-0.15, -0.1) is 0 Å². The van der Waals surface area contributed by atoms with E-state index in [2.05, 4.69) is 4.72 Å². The minimum absolute atomic E-state index is 0.00407. The van der Waals surface area contributed by atoms with Gasteiger partial charge in [0.25, 0.3) is 10.0 Å². The van der Waals surface area contributed by atoms with Crippen LogP contribution in [0.2, 0.25) is 0 Å². The minimum atomic E-state index is -4.02. The number of para-hydroxylation sites is 1. The predicted molar refractivity (Wildman–Crippen MR) is 105 cm³/mol. The molecule has 0 heterocycles. The highest BCUT2D eigenvalue weighted by molar-refractivity contribution is 7.92. The minimum Gasteiger partial charge on any atom is -0.490 e. The molecule has 0 aliphatic rings. The van der Waals surface area contributed by atoms with Crippen LogP contribution in [0, 0.1) is 10.1 Å². The summed E-state index contributed by atoms with van der Waals surface area (Å²) in [6, 6.07) is 9.25. The summed E-state index contributed by atoms with van der Waals surface area (Å²) in [7, 11) is -2.72. The molecular formula is C19H24N2O5S. The van der Waals surface area contributed by atoms with E-state index in [0.717, 1.165) is 17.2 Å². The van der Waals surface area contributed by atoms with E-state index < -0.39 is 20.6 Å². The molecule has 2 rings (SSSR count). The molecule has 0 radical (unpaired) electrons. The average Bonchev–Trinajstić information content (AvgIpc) is 2.60. The van der Waals surface area contributed by atoms with Gasteiger partial charge in [0.05, 0.1) is 22.6 Å². The predicted octanol–water partition coefficient (Wildman–Crippen LogP) is 4.65. The lowest BCUT2D eigenvalue weighted by Crippen LogP contribution is -2.17. The van der Waals surface area contributed by atoms with E-state index in [9.17, 15) is 18.5 Å². The van der Waals surface area contributed by atoms with Crippen LogP contribution in [0.15, 0.2) is 41.3 Å². The Bertz CT molecular complexity index is 926. The first-order valence-electron chi connectivity index (χ1n) is 8.56. The molecule has 2 aromatic carbocycles. The summed E-state index contributed by atoms with van der Waals surface area (Å²) < 4.78 is 33.5. The number of sulfonamides is 1. The number of anilines is 1. The van der Waals surface area contributed by atoms with E-state index in [0.29, 0.717) is 5.69 Å². The largest absolute Gasteiger partial charge is 0.490 e. The number of nitro benzene ring substituents is 1. The monoisotopic (exact) mass is 392 g/mol. The lowest BCUT2D eigenvalue weighted by Gasteiger charge is -2.21. The van der Waals surface area contributed by atoms with Gasteiger partial charge in [-0.25, -0.2) is 8.42 Å². The van der Waals surface area contributed by atoms with E-state index in [1.165, 1.54) is 19.2 Å². The summed E-state index contributed by atoms with van der Waals surface area (Å²) in [5.74, 6) is 0.211. The summed E-state index contributed by atoms with van der Waals surface area (Å²) in [5, 5.41) is 11.2. The summed E-state index contributed by atoms with van der Waals surface area (Å²) in [6.07, 6.45) is 0. The van der Waals surface area contributed by atoms with Crippen molar-refractivity contribution < 1.29 is 18.1 Å². The van der Waals surface area contributed by atoms with E-state index in [4.69, 9.17) is 4.74 Å². The van der Waals surface area contributed by atoms with Crippen molar-refractivity contribution in [3.63, 3.8) is 0 Å². The number of benzene rings is 2. The quantitative estimate of drug-likeness (QED) is 0.546. The third-order valence-corrected chi connectivity index (χ3v) is 5.61. The maximum atomic E-state index is 13.0. The second-order valence-electron chi connectivity index (χ2n) is 6.82. The van der Waals surface area contributed by atoms with E-state index in [1.807, 2.05) is 45.9 Å². The number of hydrogen-bond acceptors (Lipinski definition) is 5. The first-order valence-corrected chi connectivity index (χ1v) is 10.0. The fourth-order valence-electron chi connectivity index (χ4n) is 2.84. The molecule has 0 saturated heterocycles. The Morgan fingerprint density at radius 2 is 1.59 bits per heavy atom. The Morgan fingerprint density at radius 3 is 2.04 bits per heavy atom. The van der Waals surface area contributed by atoms with E-state index >= 15 is 0 Å². The lowest BCUT2D eigenvalue weighted by atomic mass is 9.93. The third-order valence-electron chi connectivity index (χ3n) is 4.27. The molecule has 0 atom stereocenters. The highest BCUT2D eigenvalue weighted by atomic mass is 32.2. The van der Waals surface area contributed by atoms with Crippen LogP contribution >= 0.6 is 0 Å². The zero-order chi connectivity index (χ0) is 20.4. The van der Waals surface area contributed by atoms with Gasteiger partial charge in [0.15, 0.2) is 5.75 Å². The molecule has 0 aromatic heterocycles. The molecule has 0 bridgehead atoms. The fourth-order valence-corrected chi connectivity index (χ4v) is 3.98. The Kier molecular flexibility index (Phi) is 6.10. The number of ether oxygens (including phenoxy) is 1. The van der Waals surface area contributed by atoms with Gasteiger partial charge in [0, 0.05) is 6.07 Å². The fraction of sp³-hybridized carbons (Fsp3) is 0.368. The van der Waals surface area contributed by atoms with Gasteiger partial charge >= 0.3 is 5.69 Å². The van der Waals surface area contributed by atoms with Gasteiger partial charge in [0.1, 0.15) is 0 Å². The van der Waals surface area contributed by atoms with Crippen LogP contribution in [0.25, 0.3) is 0 Å². The number of methoxy groups -OCH3 is 1. The lowest BCUT2D eigenvalue weighted by molar-refractivity contribution is -0.386. The van der Waals surface area contributed by atoms with Crippen LogP contribution in [0.3, 0.4) is 0 Å². The second kappa shape index (κ2) is 7.96. The molecule has 2 aromatic rings. The molecule has 0 aliphatic heterocycles. The molecular weight excluding hydrogens is 368 g/mol. The van der Waals surface area contributed by atoms with Crippen LogP contribution < -0.4 is 9.46 Å². The molecule has 0 spiro atoms. The molecule has 27 heavy (non-hydrogen) atoms. The molecule has 7 nitrogen and oxygen atoms in total. The normalized spacial score (nSPS) is 11.7. The van der Waals surface area contributed by atoms with Crippen molar-refractivity contribution in [2.45, 2.75) is 44.4 Å². The zero-order valence-electron chi connectivity index (χ0n) is 16.0. The zero-order valence-corrected chi connectivity index (χ0v) is 16.8. The van der Waals surface area contributed by atoms with Crippen molar-refractivity contribution in [1.82, 2.24) is 0 Å². The van der Waals surface area contributed by atoms with Crippen molar-refractivity contribution in [1.29, 1.82) is 0 Å². The van der Waals surface area contributed by atoms with Crippen molar-refractivity contribution >= 4 is 21.4 Å². The first kappa shape index (κ1) is 20.7. The molecule has 0 saturated carbocycles. The third kappa shape index (κ3) is 4.39. The first-order chi connectivity index (χ1) is 12.6. The van der Waals surface area contributed by atoms with Crippen LogP contribution in [-0.4, -0.2) is 20.5 Å². The van der Waals surface area contributed by atoms with Gasteiger partial charge in [-0.2, -0.15) is 0 Å². The topological polar surface area (TPSA) is 98.5 Å². The average molecular weight is 392 g/mol. The number of nitro groups is 1. The smallest absolute Gasteiger partial charge is 0.312 e. The maximum absolute atomic E-state index is 13.0. The molecule has 146 valence electrons. The highest BCUT2D eigenvalue weighted by Crippen LogP contribution is 2.35. The Hall–Kier alpha value is -2.61. The maximum Gasteiger partial charge on any atom is 0.312 e. The Morgan fingerprint density at radius 1 is 1.04 bits per heavy atom. The number of nitrogens with zero attached hydrogens (tertiary/aromatic N) is 1. The Balaban J connectivity index is 2.58. The summed E-state index contributed by atoms with van der Waals surface area (Å²) in [4.78, 5) is 10.4. The van der Waals surface area contributed by atoms with Gasteiger partial charge in [-0.3, -0.25) is 14.8 Å². The van der Waals surface area contributed by atoms with Crippen molar-refractivity contribution in [3.05, 3.63) is 57.6 Å². The number of hydrogen-bond donors (Lipinski definition) is 1. The van der Waals surface area contributed by atoms with E-state index in [1.54, 1.807) is 0 Å². The van der Waals surface area contributed by atoms with Gasteiger partial charge in [-0.05, 0) is 35.1 Å². The van der Waals surface area contributed by atoms with Crippen LogP contribution in [0.4, 0.5) is 11.4 Å². The Labute approximate surface area is 159 Å². The molecule has 0 amide bonds. The second-order valence-corrected chi connectivity index (χ2v) is 8.50. The van der Waals surface area contributed by atoms with Gasteiger partial charge in [0.2, 0.25) is 0 Å². The van der Waals surface area contributed by atoms with Gasteiger partial charge < -0.3 is 4.74 Å². The van der Waals surface area contributed by atoms with Crippen LogP contribution in [0.1, 0.15) is 50.7 Å². The molecule has 0 unspecified atom stereocenters. The molecule has 1 N–H and O–H groups in total. The summed E-state index contributed by atoms with van der Waals surface area (Å²) in [6.45, 7) is 7.93. The summed E-state index contributed by atoms with van der Waals surface area (Å²) in [5.41, 5.74) is 1.86. The molecule has 0 fully saturated rings. The summed E-state index contributed by atoms with van der Waals surface area (Å²) >= 11 is 0. The van der Waals surface area contributed by atoms with Gasteiger partial charge in [-0.1, -0.05) is 45.9 Å². The van der Waals surface area contributed by atoms with E-state index in [-0.39, 0.29) is 22.5 Å². The van der Waals surface area contributed by atoms with Crippen molar-refractivity contribution in [2.75, 3.05) is 11.8 Å². The highest BCUT2D eigenvalue weighted by Gasteiger charge is 2.24. The van der Waals surface area contributed by atoms with Crippen LogP contribution in [-0.2, 0) is 10.0 Å². The standard InChI is InChI=1S/C19H24N2O5S/c1-12(2)15-7-6-8-16(13(3)4)19(15)20-27(24,25)14-9-10-18(26-5)17(11-14)21(22)23/h6-13,20H,1-5H3.